The quantitative estimate of drug-likeness (QED) is 0.609. The lowest BCUT2D eigenvalue weighted by molar-refractivity contribution is 0.890. The lowest BCUT2D eigenvalue weighted by Crippen LogP contribution is -2.01. The predicted octanol–water partition coefficient (Wildman–Crippen LogP) is 3.83. The molecule has 1 nitrogen and oxygen atoms in total. The van der Waals surface area contributed by atoms with E-state index in [0.29, 0.717) is 0 Å². The molecule has 70 valence electrons. The van der Waals surface area contributed by atoms with Crippen molar-refractivity contribution in [1.29, 1.82) is 0 Å². The molecular weight excluding hydrogens is 226 g/mol. The van der Waals surface area contributed by atoms with Crippen molar-refractivity contribution in [3.05, 3.63) is 41.4 Å². The zero-order chi connectivity index (χ0) is 9.52. The van der Waals surface area contributed by atoms with Gasteiger partial charge >= 0.3 is 0 Å². The van der Waals surface area contributed by atoms with Crippen LogP contribution in [0.25, 0.3) is 0 Å². The van der Waals surface area contributed by atoms with Crippen LogP contribution in [-0.4, -0.2) is 6.54 Å². The monoisotopic (exact) mass is 239 g/mol. The summed E-state index contributed by atoms with van der Waals surface area (Å²) in [5, 5.41) is 3.35. The van der Waals surface area contributed by atoms with E-state index in [0.717, 1.165) is 29.5 Å². The molecule has 0 saturated carbocycles. The summed E-state index contributed by atoms with van der Waals surface area (Å²) in [4.78, 5) is 0. The third-order valence-electron chi connectivity index (χ3n) is 1.77. The van der Waals surface area contributed by atoms with Crippen LogP contribution >= 0.6 is 15.9 Å². The van der Waals surface area contributed by atoms with E-state index >= 15 is 0 Å². The zero-order valence-corrected chi connectivity index (χ0v) is 9.18. The number of nitrogens with one attached hydrogen (secondary N) is 1. The smallest absolute Gasteiger partial charge is 0.0484 e. The van der Waals surface area contributed by atoms with Gasteiger partial charge in [-0.1, -0.05) is 18.2 Å². The van der Waals surface area contributed by atoms with Crippen LogP contribution < -0.4 is 5.32 Å². The van der Waals surface area contributed by atoms with Crippen molar-refractivity contribution in [2.24, 2.45) is 0 Å². The van der Waals surface area contributed by atoms with Gasteiger partial charge in [-0.25, -0.2) is 0 Å². The molecule has 0 aliphatic heterocycles. The van der Waals surface area contributed by atoms with Crippen LogP contribution in [0.5, 0.6) is 0 Å². The first-order valence-electron chi connectivity index (χ1n) is 4.44. The number of hydrogen-bond donors (Lipinski definition) is 1. The molecule has 0 heterocycles. The van der Waals surface area contributed by atoms with Gasteiger partial charge in [0, 0.05) is 16.7 Å². The number of anilines is 1. The van der Waals surface area contributed by atoms with E-state index in [-0.39, 0.29) is 0 Å². The van der Waals surface area contributed by atoms with Crippen LogP contribution in [0.4, 0.5) is 5.69 Å². The second-order valence-corrected chi connectivity index (χ2v) is 3.69. The normalized spacial score (nSPS) is 9.62. The maximum atomic E-state index is 3.69. The van der Waals surface area contributed by atoms with E-state index in [9.17, 15) is 0 Å². The summed E-state index contributed by atoms with van der Waals surface area (Å²) in [5.41, 5.74) is 1.16. The molecule has 0 fully saturated rings. The average Bonchev–Trinajstić information content (AvgIpc) is 2.15. The van der Waals surface area contributed by atoms with Crippen molar-refractivity contribution in [3.63, 3.8) is 0 Å². The average molecular weight is 240 g/mol. The van der Waals surface area contributed by atoms with Crippen LogP contribution in [0.2, 0.25) is 0 Å². The van der Waals surface area contributed by atoms with Crippen LogP contribution in [-0.2, 0) is 0 Å². The van der Waals surface area contributed by atoms with Gasteiger partial charge in [-0.2, -0.15) is 0 Å². The molecule has 0 bridgehead atoms. The lowest BCUT2D eigenvalue weighted by atomic mass is 10.3. The predicted molar refractivity (Wildman–Crippen MR) is 62.1 cm³/mol. The van der Waals surface area contributed by atoms with Gasteiger partial charge in [0.15, 0.2) is 0 Å². The second kappa shape index (κ2) is 5.81. The van der Waals surface area contributed by atoms with E-state index in [1.54, 1.807) is 0 Å². The van der Waals surface area contributed by atoms with Gasteiger partial charge < -0.3 is 5.32 Å². The van der Waals surface area contributed by atoms with E-state index in [1.807, 2.05) is 24.3 Å². The molecule has 0 radical (unpaired) electrons. The van der Waals surface area contributed by atoms with Crippen LogP contribution in [0, 0.1) is 0 Å². The molecule has 1 aromatic rings. The van der Waals surface area contributed by atoms with Gasteiger partial charge in [-0.15, -0.1) is 6.58 Å². The molecule has 0 unspecified atom stereocenters. The number of halogens is 1. The van der Waals surface area contributed by atoms with E-state index < -0.39 is 0 Å². The largest absolute Gasteiger partial charge is 0.384 e. The van der Waals surface area contributed by atoms with Crippen molar-refractivity contribution in [1.82, 2.24) is 0 Å². The molecule has 1 N–H and O–H groups in total. The molecule has 0 spiro atoms. The Bertz CT molecular complexity index is 271. The molecule has 0 amide bonds. The molecule has 1 aromatic carbocycles. The number of unbranched alkanes of at least 4 members (excludes halogenated alkanes) is 1. The van der Waals surface area contributed by atoms with E-state index in [2.05, 4.69) is 33.9 Å². The summed E-state index contributed by atoms with van der Waals surface area (Å²) in [6, 6.07) is 8.15. The van der Waals surface area contributed by atoms with Crippen molar-refractivity contribution in [3.8, 4) is 0 Å². The fourth-order valence-electron chi connectivity index (χ4n) is 1.07. The van der Waals surface area contributed by atoms with E-state index in [4.69, 9.17) is 0 Å². The molecule has 1 rings (SSSR count). The Morgan fingerprint density at radius 3 is 2.85 bits per heavy atom. The minimum absolute atomic E-state index is 0.995. The summed E-state index contributed by atoms with van der Waals surface area (Å²) in [6.45, 7) is 4.68. The van der Waals surface area contributed by atoms with Gasteiger partial charge in [0.25, 0.3) is 0 Å². The van der Waals surface area contributed by atoms with Gasteiger partial charge in [0.1, 0.15) is 0 Å². The number of allylic oxidation sites excluding steroid dienone is 1. The minimum Gasteiger partial charge on any atom is -0.384 e. The third-order valence-corrected chi connectivity index (χ3v) is 2.47. The Hall–Kier alpha value is -0.760. The Balaban J connectivity index is 2.36. The van der Waals surface area contributed by atoms with Crippen molar-refractivity contribution < 1.29 is 0 Å². The van der Waals surface area contributed by atoms with Gasteiger partial charge in [-0.05, 0) is 40.9 Å². The first-order valence-corrected chi connectivity index (χ1v) is 5.23. The Morgan fingerprint density at radius 1 is 1.38 bits per heavy atom. The molecule has 0 atom stereocenters. The highest BCUT2D eigenvalue weighted by molar-refractivity contribution is 9.10. The van der Waals surface area contributed by atoms with Crippen LogP contribution in [0.1, 0.15) is 12.8 Å². The van der Waals surface area contributed by atoms with Crippen LogP contribution in [0.15, 0.2) is 41.4 Å². The summed E-state index contributed by atoms with van der Waals surface area (Å²) in [5.74, 6) is 0. The molecule has 0 aliphatic carbocycles. The highest BCUT2D eigenvalue weighted by Gasteiger charge is 1.95. The summed E-state index contributed by atoms with van der Waals surface area (Å²) in [6.07, 6.45) is 4.14. The van der Waals surface area contributed by atoms with Gasteiger partial charge in [0.2, 0.25) is 0 Å². The number of rotatable bonds is 5. The SMILES string of the molecule is C=CCCCNc1ccccc1Br. The van der Waals surface area contributed by atoms with Gasteiger partial charge in [0.05, 0.1) is 0 Å². The minimum atomic E-state index is 0.995. The standard InChI is InChI=1S/C11H14BrN/c1-2-3-6-9-13-11-8-5-4-7-10(11)12/h2,4-5,7-8,13H,1,3,6,9H2. The highest BCUT2D eigenvalue weighted by Crippen LogP contribution is 2.20. The second-order valence-electron chi connectivity index (χ2n) is 2.84. The zero-order valence-electron chi connectivity index (χ0n) is 7.59. The Kier molecular flexibility index (Phi) is 4.61. The molecule has 13 heavy (non-hydrogen) atoms. The first kappa shape index (κ1) is 10.3. The Labute approximate surface area is 88.0 Å². The summed E-state index contributed by atoms with van der Waals surface area (Å²) >= 11 is 3.48. The number of benzene rings is 1. The molecule has 0 saturated heterocycles. The Morgan fingerprint density at radius 2 is 2.15 bits per heavy atom. The van der Waals surface area contributed by atoms with E-state index in [1.165, 1.54) is 0 Å². The highest BCUT2D eigenvalue weighted by atomic mass is 79.9. The maximum Gasteiger partial charge on any atom is 0.0484 e. The first-order chi connectivity index (χ1) is 6.34. The fourth-order valence-corrected chi connectivity index (χ4v) is 1.50. The lowest BCUT2D eigenvalue weighted by Gasteiger charge is -2.06. The number of hydrogen-bond acceptors (Lipinski definition) is 1. The number of para-hydroxylation sites is 1. The summed E-state index contributed by atoms with van der Waals surface area (Å²) in [7, 11) is 0. The third kappa shape index (κ3) is 3.64. The summed E-state index contributed by atoms with van der Waals surface area (Å²) < 4.78 is 1.12. The van der Waals surface area contributed by atoms with Crippen molar-refractivity contribution in [2.75, 3.05) is 11.9 Å². The molecular formula is C11H14BrN. The molecule has 0 aromatic heterocycles. The molecule has 2 heteroatoms. The fraction of sp³-hybridized carbons (Fsp3) is 0.273. The van der Waals surface area contributed by atoms with Crippen molar-refractivity contribution >= 4 is 21.6 Å². The maximum absolute atomic E-state index is 3.69. The topological polar surface area (TPSA) is 12.0 Å². The molecule has 0 aliphatic rings. The van der Waals surface area contributed by atoms with Crippen LogP contribution in [0.3, 0.4) is 0 Å². The van der Waals surface area contributed by atoms with Crippen molar-refractivity contribution in [2.45, 2.75) is 12.8 Å². The van der Waals surface area contributed by atoms with Gasteiger partial charge in [-0.3, -0.25) is 0 Å².